The van der Waals surface area contributed by atoms with E-state index in [-0.39, 0.29) is 16.8 Å². The molecule has 144 valence electrons. The summed E-state index contributed by atoms with van der Waals surface area (Å²) in [5.74, 6) is -0.562. The maximum absolute atomic E-state index is 15.2. The van der Waals surface area contributed by atoms with Crippen LogP contribution in [0.2, 0.25) is 0 Å². The summed E-state index contributed by atoms with van der Waals surface area (Å²) in [5, 5.41) is 11.1. The standard InChI is InChI=1S/C21H16FN5O2/c1-24-9-11(8-23)17-12(22)7-13-18-19-15(10-25-13)26(2)21(28)27(19)14-5-3-4-6-16(14)29-20(17)18/h3-10,23-24H,1-2H3/b11-9+,23-8?. The van der Waals surface area contributed by atoms with E-state index < -0.39 is 5.82 Å². The number of halogens is 1. The van der Waals surface area contributed by atoms with Gasteiger partial charge in [-0.2, -0.15) is 0 Å². The summed E-state index contributed by atoms with van der Waals surface area (Å²) < 4.78 is 24.4. The van der Waals surface area contributed by atoms with Crippen LogP contribution in [0.25, 0.3) is 44.2 Å². The molecule has 5 rings (SSSR count). The van der Waals surface area contributed by atoms with Gasteiger partial charge in [0.2, 0.25) is 0 Å². The summed E-state index contributed by atoms with van der Waals surface area (Å²) in [6.07, 6.45) is 4.15. The largest absolute Gasteiger partial charge is 0.454 e. The van der Waals surface area contributed by atoms with Crippen LogP contribution in [-0.4, -0.2) is 27.2 Å². The predicted octanol–water partition coefficient (Wildman–Crippen LogP) is 3.43. The molecule has 2 aromatic carbocycles. The Hall–Kier alpha value is -3.94. The minimum atomic E-state index is -0.562. The van der Waals surface area contributed by atoms with Crippen molar-refractivity contribution in [3.05, 3.63) is 64.6 Å². The molecule has 8 heteroatoms. The number of imidazole rings is 1. The fourth-order valence-corrected chi connectivity index (χ4v) is 3.86. The summed E-state index contributed by atoms with van der Waals surface area (Å²) >= 11 is 0. The Balaban J connectivity index is 2.22. The molecule has 0 aliphatic carbocycles. The van der Waals surface area contributed by atoms with E-state index in [4.69, 9.17) is 9.83 Å². The van der Waals surface area contributed by atoms with Gasteiger partial charge in [-0.25, -0.2) is 9.18 Å². The lowest BCUT2D eigenvalue weighted by molar-refractivity contribution is 0.613. The van der Waals surface area contributed by atoms with E-state index in [2.05, 4.69) is 10.3 Å². The van der Waals surface area contributed by atoms with Crippen molar-refractivity contribution in [3.63, 3.8) is 0 Å². The fraction of sp³-hybridized carbons (Fsp3) is 0.0952. The number of rotatable bonds is 3. The van der Waals surface area contributed by atoms with E-state index in [1.54, 1.807) is 42.9 Å². The summed E-state index contributed by atoms with van der Waals surface area (Å²) in [6.45, 7) is 0. The molecule has 5 aromatic rings. The first kappa shape index (κ1) is 17.2. The lowest BCUT2D eigenvalue weighted by Gasteiger charge is -2.09. The number of pyridine rings is 1. The third kappa shape index (κ3) is 2.19. The number of fused-ring (bicyclic) bond motifs is 2. The fourth-order valence-electron chi connectivity index (χ4n) is 3.86. The van der Waals surface area contributed by atoms with Gasteiger partial charge >= 0.3 is 5.69 Å². The number of hydrogen-bond acceptors (Lipinski definition) is 5. The Bertz CT molecular complexity index is 1550. The van der Waals surface area contributed by atoms with Gasteiger partial charge in [-0.3, -0.25) is 14.0 Å². The second-order valence-electron chi connectivity index (χ2n) is 6.73. The van der Waals surface area contributed by atoms with Crippen LogP contribution >= 0.6 is 0 Å². The van der Waals surface area contributed by atoms with Crippen LogP contribution in [0.4, 0.5) is 4.39 Å². The van der Waals surface area contributed by atoms with Crippen molar-refractivity contribution in [2.75, 3.05) is 7.05 Å². The van der Waals surface area contributed by atoms with Gasteiger partial charge in [0, 0.05) is 38.1 Å². The topological polar surface area (TPSA) is 88.3 Å². The van der Waals surface area contributed by atoms with Gasteiger partial charge in [-0.1, -0.05) is 12.1 Å². The number of benzene rings is 2. The molecule has 29 heavy (non-hydrogen) atoms. The van der Waals surface area contributed by atoms with E-state index >= 15 is 4.39 Å². The van der Waals surface area contributed by atoms with Crippen LogP contribution in [0.3, 0.4) is 0 Å². The van der Waals surface area contributed by atoms with Crippen LogP contribution in [-0.2, 0) is 7.05 Å². The highest BCUT2D eigenvalue weighted by molar-refractivity contribution is 6.19. The SMILES string of the molecule is CN/C=C(\C=N)c1c(F)cc2ncc3c4c2c1oc1ccccc1n4c(=O)n3C. The molecule has 3 heterocycles. The van der Waals surface area contributed by atoms with Gasteiger partial charge in [-0.05, 0) is 12.1 Å². The Morgan fingerprint density at radius 1 is 1.31 bits per heavy atom. The Labute approximate surface area is 163 Å². The van der Waals surface area contributed by atoms with Crippen molar-refractivity contribution in [2.45, 2.75) is 0 Å². The quantitative estimate of drug-likeness (QED) is 0.463. The van der Waals surface area contributed by atoms with Crippen molar-refractivity contribution < 1.29 is 8.81 Å². The van der Waals surface area contributed by atoms with Gasteiger partial charge in [0.15, 0.2) is 5.58 Å². The van der Waals surface area contributed by atoms with Crippen molar-refractivity contribution in [1.82, 2.24) is 19.3 Å². The van der Waals surface area contributed by atoms with E-state index in [1.165, 1.54) is 16.8 Å². The van der Waals surface area contributed by atoms with E-state index in [0.717, 1.165) is 6.21 Å². The van der Waals surface area contributed by atoms with Crippen molar-refractivity contribution in [3.8, 4) is 0 Å². The maximum Gasteiger partial charge on any atom is 0.333 e. The lowest BCUT2D eigenvalue weighted by atomic mass is 10.0. The van der Waals surface area contributed by atoms with E-state index in [9.17, 15) is 4.79 Å². The molecule has 0 atom stereocenters. The maximum atomic E-state index is 15.2. The monoisotopic (exact) mass is 389 g/mol. The minimum absolute atomic E-state index is 0.135. The normalized spacial score (nSPS) is 12.4. The van der Waals surface area contributed by atoms with Gasteiger partial charge in [0.25, 0.3) is 0 Å². The van der Waals surface area contributed by atoms with Crippen LogP contribution in [0.1, 0.15) is 5.56 Å². The minimum Gasteiger partial charge on any atom is -0.454 e. The number of aromatic nitrogens is 3. The second-order valence-corrected chi connectivity index (χ2v) is 6.73. The first-order valence-electron chi connectivity index (χ1n) is 8.95. The average Bonchev–Trinajstić information content (AvgIpc) is 2.88. The zero-order valence-electron chi connectivity index (χ0n) is 15.7. The Kier molecular flexibility index (Phi) is 3.57. The highest BCUT2D eigenvalue weighted by atomic mass is 19.1. The number of para-hydroxylation sites is 2. The van der Waals surface area contributed by atoms with E-state index in [1.807, 2.05) is 6.07 Å². The molecule has 0 radical (unpaired) electrons. The summed E-state index contributed by atoms with van der Waals surface area (Å²) in [6, 6.07) is 8.42. The van der Waals surface area contributed by atoms with Crippen LogP contribution < -0.4 is 11.0 Å². The predicted molar refractivity (Wildman–Crippen MR) is 111 cm³/mol. The number of nitrogens with zero attached hydrogens (tertiary/aromatic N) is 3. The highest BCUT2D eigenvalue weighted by Gasteiger charge is 2.23. The third-order valence-corrected chi connectivity index (χ3v) is 5.14. The van der Waals surface area contributed by atoms with Crippen molar-refractivity contribution >= 4 is 50.4 Å². The number of allylic oxidation sites excluding steroid dienone is 1. The molecular formula is C21H16FN5O2. The molecule has 7 nitrogen and oxygen atoms in total. The molecule has 0 unspecified atom stereocenters. The van der Waals surface area contributed by atoms with Crippen LogP contribution in [0, 0.1) is 11.2 Å². The van der Waals surface area contributed by atoms with Gasteiger partial charge in [0.05, 0.1) is 39.2 Å². The molecule has 0 saturated carbocycles. The molecule has 0 spiro atoms. The molecule has 0 aliphatic heterocycles. The second kappa shape index (κ2) is 6.03. The van der Waals surface area contributed by atoms with Crippen molar-refractivity contribution in [2.24, 2.45) is 7.05 Å². The van der Waals surface area contributed by atoms with Gasteiger partial charge in [-0.15, -0.1) is 0 Å². The van der Waals surface area contributed by atoms with Crippen LogP contribution in [0.5, 0.6) is 0 Å². The summed E-state index contributed by atoms with van der Waals surface area (Å²) in [7, 11) is 3.35. The van der Waals surface area contributed by atoms with Gasteiger partial charge in [0.1, 0.15) is 11.4 Å². The third-order valence-electron chi connectivity index (χ3n) is 5.14. The molecular weight excluding hydrogens is 373 g/mol. The summed E-state index contributed by atoms with van der Waals surface area (Å²) in [4.78, 5) is 17.4. The molecule has 0 saturated heterocycles. The first-order chi connectivity index (χ1) is 14.1. The zero-order chi connectivity index (χ0) is 20.3. The molecule has 0 amide bonds. The summed E-state index contributed by atoms with van der Waals surface area (Å²) in [5.41, 5.74) is 2.98. The van der Waals surface area contributed by atoms with Crippen LogP contribution in [0.15, 0.2) is 51.9 Å². The molecule has 2 N–H and O–H groups in total. The Morgan fingerprint density at radius 2 is 2.10 bits per heavy atom. The number of hydrogen-bond donors (Lipinski definition) is 2. The van der Waals surface area contributed by atoms with Gasteiger partial charge < -0.3 is 15.1 Å². The Morgan fingerprint density at radius 3 is 2.86 bits per heavy atom. The molecule has 0 aliphatic rings. The van der Waals surface area contributed by atoms with E-state index in [0.29, 0.717) is 38.6 Å². The number of aryl methyl sites for hydroxylation is 1. The highest BCUT2D eigenvalue weighted by Crippen LogP contribution is 2.36. The first-order valence-corrected chi connectivity index (χ1v) is 8.95. The number of nitrogens with one attached hydrogen (secondary N) is 2. The molecule has 0 bridgehead atoms. The smallest absolute Gasteiger partial charge is 0.333 e. The molecule has 0 fully saturated rings. The zero-order valence-corrected chi connectivity index (χ0v) is 15.7. The lowest BCUT2D eigenvalue weighted by Crippen LogP contribution is -2.17. The van der Waals surface area contributed by atoms with Crippen molar-refractivity contribution in [1.29, 1.82) is 5.41 Å². The molecule has 3 aromatic heterocycles. The average molecular weight is 389 g/mol.